The van der Waals surface area contributed by atoms with Crippen molar-refractivity contribution in [3.8, 4) is 11.1 Å². The van der Waals surface area contributed by atoms with Gasteiger partial charge in [-0.25, -0.2) is 22.5 Å². The Kier molecular flexibility index (Phi) is 8.22. The second-order valence-corrected chi connectivity index (χ2v) is 13.6. The van der Waals surface area contributed by atoms with Gasteiger partial charge in [-0.05, 0) is 60.6 Å². The Morgan fingerprint density at radius 3 is 2.42 bits per heavy atom. The molecule has 1 amide bonds. The van der Waals surface area contributed by atoms with Crippen LogP contribution in [0.4, 0.5) is 37.8 Å². The number of aromatic nitrogens is 7. The number of hydrogen-bond acceptors (Lipinski definition) is 7. The van der Waals surface area contributed by atoms with Gasteiger partial charge in [0.25, 0.3) is 18.1 Å². The van der Waals surface area contributed by atoms with Crippen molar-refractivity contribution in [2.24, 2.45) is 5.92 Å². The summed E-state index contributed by atoms with van der Waals surface area (Å²) in [5.41, 5.74) is 7.05. The number of carbonyl (C=O) groups is 1. The van der Waals surface area contributed by atoms with E-state index in [-0.39, 0.29) is 58.4 Å². The third kappa shape index (κ3) is 5.85. The topological polar surface area (TPSA) is 120 Å². The lowest BCUT2D eigenvalue weighted by molar-refractivity contribution is -0.120. The van der Waals surface area contributed by atoms with Crippen LogP contribution in [0.25, 0.3) is 16.9 Å². The second kappa shape index (κ2) is 12.7. The van der Waals surface area contributed by atoms with Gasteiger partial charge in [-0.2, -0.15) is 28.5 Å². The van der Waals surface area contributed by atoms with Crippen LogP contribution >= 0.6 is 0 Å². The largest absolute Gasteiger partial charge is 0.383 e. The van der Waals surface area contributed by atoms with E-state index in [0.717, 1.165) is 17.8 Å². The zero-order valence-electron chi connectivity index (χ0n) is 28.3. The first-order valence-electron chi connectivity index (χ1n) is 16.9. The summed E-state index contributed by atoms with van der Waals surface area (Å²) in [6, 6.07) is 13.3. The van der Waals surface area contributed by atoms with E-state index in [2.05, 4.69) is 20.2 Å². The number of anilines is 2. The summed E-state index contributed by atoms with van der Waals surface area (Å²) in [7, 11) is 0. The first kappa shape index (κ1) is 34.3. The molecule has 0 saturated heterocycles. The highest BCUT2D eigenvalue weighted by Crippen LogP contribution is 2.68. The minimum Gasteiger partial charge on any atom is -0.383 e. The molecular weight excluding hydrogens is 700 g/mol. The summed E-state index contributed by atoms with van der Waals surface area (Å²) in [5, 5.41) is 8.07. The molecule has 2 aliphatic rings. The fourth-order valence-electron chi connectivity index (χ4n) is 7.44. The molecule has 1 saturated carbocycles. The predicted molar refractivity (Wildman–Crippen MR) is 181 cm³/mol. The van der Waals surface area contributed by atoms with E-state index in [4.69, 9.17) is 10.7 Å². The van der Waals surface area contributed by atoms with Gasteiger partial charge in [-0.3, -0.25) is 14.5 Å². The number of amides is 1. The molecule has 2 N–H and O–H groups in total. The molecule has 0 unspecified atom stereocenters. The Bertz CT molecular complexity index is 2340. The van der Waals surface area contributed by atoms with Crippen LogP contribution in [0.15, 0.2) is 73.2 Å². The van der Waals surface area contributed by atoms with Gasteiger partial charge < -0.3 is 10.6 Å². The Hall–Kier alpha value is -5.80. The minimum atomic E-state index is -3.48. The monoisotopic (exact) mass is 731 g/mol. The summed E-state index contributed by atoms with van der Waals surface area (Å²) < 4.78 is 91.0. The molecule has 16 heteroatoms. The number of para-hydroxylation sites is 1. The summed E-state index contributed by atoms with van der Waals surface area (Å²) >= 11 is 0. The second-order valence-electron chi connectivity index (χ2n) is 13.6. The smallest absolute Gasteiger partial charge is 0.293 e. The van der Waals surface area contributed by atoms with Gasteiger partial charge in [0.1, 0.15) is 41.7 Å². The molecule has 8 rings (SSSR count). The normalized spacial score (nSPS) is 17.7. The Morgan fingerprint density at radius 1 is 1.02 bits per heavy atom. The molecule has 3 atom stereocenters. The lowest BCUT2D eigenvalue weighted by Gasteiger charge is -2.33. The molecule has 2 aliphatic carbocycles. The fourth-order valence-corrected chi connectivity index (χ4v) is 7.44. The number of carbonyl (C=O) groups excluding carboxylic acids is 1. The Balaban J connectivity index is 1.34. The Labute approximate surface area is 298 Å². The Morgan fingerprint density at radius 2 is 1.75 bits per heavy atom. The number of hydrogen-bond donors (Lipinski definition) is 1. The molecule has 53 heavy (non-hydrogen) atoms. The van der Waals surface area contributed by atoms with Crippen LogP contribution in [0.5, 0.6) is 0 Å². The lowest BCUT2D eigenvalue weighted by atomic mass is 9.94. The zero-order chi connectivity index (χ0) is 37.3. The van der Waals surface area contributed by atoms with Gasteiger partial charge in [0.2, 0.25) is 5.91 Å². The SMILES string of the molecule is CC(C)c1ccc(-c2c([C@H](Cc3cc(F)cc(F)c3)N(C(=O)Cn3nc(C(F)F)c4c3C(F)(F)[C@@H]3C[C@H]43)c3ccccc3)nc3ncnn3c2N)cn1. The van der Waals surface area contributed by atoms with Crippen LogP contribution in [0.3, 0.4) is 0 Å². The van der Waals surface area contributed by atoms with Crippen LogP contribution in [-0.4, -0.2) is 40.3 Å². The predicted octanol–water partition coefficient (Wildman–Crippen LogP) is 7.53. The van der Waals surface area contributed by atoms with Gasteiger partial charge in [0.05, 0.1) is 11.7 Å². The quantitative estimate of drug-likeness (QED) is 0.145. The van der Waals surface area contributed by atoms with Gasteiger partial charge in [-0.1, -0.05) is 38.1 Å². The third-order valence-corrected chi connectivity index (χ3v) is 9.89. The van der Waals surface area contributed by atoms with Crippen LogP contribution in [0.1, 0.15) is 78.5 Å². The van der Waals surface area contributed by atoms with Gasteiger partial charge >= 0.3 is 0 Å². The number of nitrogen functional groups attached to an aromatic ring is 1. The molecule has 2 aromatic carbocycles. The first-order chi connectivity index (χ1) is 25.3. The lowest BCUT2D eigenvalue weighted by Crippen LogP contribution is -2.40. The summed E-state index contributed by atoms with van der Waals surface area (Å²) in [5.74, 6) is -7.81. The molecule has 0 spiro atoms. The zero-order valence-corrected chi connectivity index (χ0v) is 28.3. The average Bonchev–Trinajstić information content (AvgIpc) is 3.50. The van der Waals surface area contributed by atoms with E-state index in [1.54, 1.807) is 48.7 Å². The molecule has 1 fully saturated rings. The van der Waals surface area contributed by atoms with Crippen molar-refractivity contribution in [3.63, 3.8) is 0 Å². The molecule has 0 radical (unpaired) electrons. The number of alkyl halides is 4. The fraction of sp³-hybridized carbons (Fsp3) is 0.297. The van der Waals surface area contributed by atoms with Crippen molar-refractivity contribution in [1.82, 2.24) is 34.3 Å². The highest BCUT2D eigenvalue weighted by Gasteiger charge is 2.67. The van der Waals surface area contributed by atoms with Gasteiger partial charge in [0, 0.05) is 46.3 Å². The van der Waals surface area contributed by atoms with Crippen molar-refractivity contribution in [2.45, 2.75) is 63.5 Å². The number of benzene rings is 2. The summed E-state index contributed by atoms with van der Waals surface area (Å²) in [6.45, 7) is 3.08. The number of nitrogens with zero attached hydrogens (tertiary/aromatic N) is 8. The van der Waals surface area contributed by atoms with Crippen LogP contribution < -0.4 is 10.6 Å². The molecule has 0 bridgehead atoms. The number of rotatable bonds is 10. The summed E-state index contributed by atoms with van der Waals surface area (Å²) in [6.07, 6.45) is -0.551. The van der Waals surface area contributed by atoms with E-state index in [1.807, 2.05) is 13.8 Å². The number of pyridine rings is 1. The molecular formula is C37H31F6N9O. The number of halogens is 6. The first-order valence-corrected chi connectivity index (χ1v) is 16.9. The maximum atomic E-state index is 15.6. The van der Waals surface area contributed by atoms with Gasteiger partial charge in [-0.15, -0.1) is 0 Å². The molecule has 6 aromatic rings. The molecule has 4 aromatic heterocycles. The molecule has 272 valence electrons. The summed E-state index contributed by atoms with van der Waals surface area (Å²) in [4.78, 5) is 29.6. The van der Waals surface area contributed by atoms with Crippen LogP contribution in [0, 0.1) is 17.6 Å². The third-order valence-electron chi connectivity index (χ3n) is 9.89. The highest BCUT2D eigenvalue weighted by atomic mass is 19.3. The van der Waals surface area contributed by atoms with Crippen molar-refractivity contribution in [3.05, 3.63) is 119 Å². The standard InChI is InChI=1S/C37H31F6N9O/c1-18(2)26-9-8-20(15-45-26)29-31(48-36-46-17-47-52(36)35(29)44)27(12-19-10-21(38)13-22(39)11-19)51(23-6-4-3-5-7-23)28(53)16-50-33-30(32(49-50)34(40)41)24-14-25(24)37(33,42)43/h3-11,13,15,17-18,24-25,27,34H,12,14,16,44H2,1-2H3/t24-,25+,27-/m0/s1. The van der Waals surface area contributed by atoms with Crippen molar-refractivity contribution in [1.29, 1.82) is 0 Å². The van der Waals surface area contributed by atoms with E-state index in [9.17, 15) is 22.4 Å². The molecule has 0 aliphatic heterocycles. The van der Waals surface area contributed by atoms with E-state index >= 15 is 8.78 Å². The minimum absolute atomic E-state index is 0.0363. The van der Waals surface area contributed by atoms with Crippen LogP contribution in [-0.2, 0) is 23.7 Å². The van der Waals surface area contributed by atoms with Gasteiger partial charge in [0.15, 0.2) is 0 Å². The van der Waals surface area contributed by atoms with E-state index in [1.165, 1.54) is 15.7 Å². The maximum Gasteiger partial charge on any atom is 0.293 e. The molecule has 4 heterocycles. The van der Waals surface area contributed by atoms with E-state index < -0.39 is 65.7 Å². The maximum absolute atomic E-state index is 15.6. The van der Waals surface area contributed by atoms with Crippen molar-refractivity contribution >= 4 is 23.2 Å². The van der Waals surface area contributed by atoms with Crippen LogP contribution in [0.2, 0.25) is 0 Å². The van der Waals surface area contributed by atoms with E-state index in [0.29, 0.717) is 16.3 Å². The molecule has 10 nitrogen and oxygen atoms in total. The average molecular weight is 732 g/mol. The highest BCUT2D eigenvalue weighted by molar-refractivity contribution is 5.95. The number of nitrogens with two attached hydrogens (primary N) is 1. The van der Waals surface area contributed by atoms with Crippen molar-refractivity contribution < 1.29 is 31.1 Å². The van der Waals surface area contributed by atoms with Crippen molar-refractivity contribution in [2.75, 3.05) is 10.6 Å². The number of fused-ring (bicyclic) bond motifs is 4.